The highest BCUT2D eigenvalue weighted by molar-refractivity contribution is 6.31. The van der Waals surface area contributed by atoms with E-state index in [1.807, 2.05) is 48.5 Å². The number of aromatic nitrogens is 1. The van der Waals surface area contributed by atoms with Gasteiger partial charge in [-0.25, -0.2) is 4.98 Å². The molecular weight excluding hydrogens is 364 g/mol. The van der Waals surface area contributed by atoms with Crippen LogP contribution in [-0.4, -0.2) is 16.1 Å². The molecule has 0 atom stereocenters. The van der Waals surface area contributed by atoms with E-state index in [1.165, 1.54) is 24.4 Å². The number of anilines is 1. The van der Waals surface area contributed by atoms with E-state index in [0.29, 0.717) is 10.6 Å². The van der Waals surface area contributed by atoms with Gasteiger partial charge >= 0.3 is 0 Å². The Bertz CT molecular complexity index is 1150. The molecule has 132 valence electrons. The maximum absolute atomic E-state index is 11.2. The lowest BCUT2D eigenvalue weighted by molar-refractivity contribution is -0.385. The van der Waals surface area contributed by atoms with Crippen LogP contribution in [0.1, 0.15) is 5.56 Å². The van der Waals surface area contributed by atoms with E-state index in [1.54, 1.807) is 0 Å². The second-order valence-electron chi connectivity index (χ2n) is 5.85. The number of rotatable bonds is 4. The summed E-state index contributed by atoms with van der Waals surface area (Å²) in [5.41, 5.74) is 5.75. The van der Waals surface area contributed by atoms with Crippen molar-refractivity contribution in [1.82, 2.24) is 4.98 Å². The molecule has 3 aromatic carbocycles. The van der Waals surface area contributed by atoms with Crippen molar-refractivity contribution < 1.29 is 4.92 Å². The summed E-state index contributed by atoms with van der Waals surface area (Å²) in [7, 11) is 0. The van der Waals surface area contributed by atoms with Gasteiger partial charge in [0.05, 0.1) is 33.4 Å². The first-order valence-electron chi connectivity index (χ1n) is 8.14. The molecule has 0 aliphatic carbocycles. The zero-order valence-electron chi connectivity index (χ0n) is 14.0. The largest absolute Gasteiger partial charge is 0.278 e. The number of hydrogen-bond acceptors (Lipinski definition) is 5. The van der Waals surface area contributed by atoms with Crippen molar-refractivity contribution in [2.24, 2.45) is 5.10 Å². The molecule has 27 heavy (non-hydrogen) atoms. The molecule has 6 nitrogen and oxygen atoms in total. The van der Waals surface area contributed by atoms with Gasteiger partial charge in [0.25, 0.3) is 5.69 Å². The van der Waals surface area contributed by atoms with E-state index in [4.69, 9.17) is 11.6 Å². The Balaban J connectivity index is 1.79. The highest BCUT2D eigenvalue weighted by Gasteiger charge is 2.12. The van der Waals surface area contributed by atoms with Crippen LogP contribution < -0.4 is 5.43 Å². The lowest BCUT2D eigenvalue weighted by Gasteiger charge is -2.09. The van der Waals surface area contributed by atoms with Crippen molar-refractivity contribution in [2.45, 2.75) is 0 Å². The first-order valence-corrected chi connectivity index (χ1v) is 8.52. The van der Waals surface area contributed by atoms with Crippen molar-refractivity contribution >= 4 is 51.0 Å². The van der Waals surface area contributed by atoms with Crippen LogP contribution in [0.4, 0.5) is 11.4 Å². The quantitative estimate of drug-likeness (QED) is 0.224. The summed E-state index contributed by atoms with van der Waals surface area (Å²) in [5, 5.41) is 17.6. The predicted molar refractivity (Wildman–Crippen MR) is 109 cm³/mol. The van der Waals surface area contributed by atoms with E-state index >= 15 is 0 Å². The lowest BCUT2D eigenvalue weighted by atomic mass is 10.1. The molecule has 1 aromatic heterocycles. The standard InChI is InChI=1S/C20H13ClN4O2/c21-14-9-10-19(25(26)27)13(11-14)12-22-24-20-15-5-1-3-7-17(15)23-18-8-4-2-6-16(18)20/h1-12H,(H,23,24)/b22-12-. The highest BCUT2D eigenvalue weighted by Crippen LogP contribution is 2.30. The van der Waals surface area contributed by atoms with Crippen LogP contribution in [0.3, 0.4) is 0 Å². The van der Waals surface area contributed by atoms with Gasteiger partial charge in [-0.2, -0.15) is 5.10 Å². The van der Waals surface area contributed by atoms with Crippen LogP contribution in [0, 0.1) is 10.1 Å². The van der Waals surface area contributed by atoms with Gasteiger partial charge in [-0.05, 0) is 24.3 Å². The van der Waals surface area contributed by atoms with Crippen molar-refractivity contribution in [3.8, 4) is 0 Å². The molecule has 1 heterocycles. The molecule has 0 saturated carbocycles. The third kappa shape index (κ3) is 3.30. The number of hydrogen-bond donors (Lipinski definition) is 1. The third-order valence-electron chi connectivity index (χ3n) is 4.15. The molecule has 0 amide bonds. The Morgan fingerprint density at radius 2 is 1.63 bits per heavy atom. The zero-order chi connectivity index (χ0) is 18.8. The molecule has 0 fully saturated rings. The van der Waals surface area contributed by atoms with Crippen molar-refractivity contribution in [3.63, 3.8) is 0 Å². The van der Waals surface area contributed by atoms with Gasteiger partial charge in [0.15, 0.2) is 0 Å². The number of pyridine rings is 1. The first-order chi connectivity index (χ1) is 13.1. The molecule has 0 spiro atoms. The maximum Gasteiger partial charge on any atom is 0.278 e. The Kier molecular flexibility index (Phi) is 4.40. The van der Waals surface area contributed by atoms with Crippen LogP contribution >= 0.6 is 11.6 Å². The molecule has 0 bridgehead atoms. The van der Waals surface area contributed by atoms with Crippen LogP contribution in [0.15, 0.2) is 71.8 Å². The van der Waals surface area contributed by atoms with Crippen molar-refractivity contribution in [2.75, 3.05) is 5.43 Å². The Morgan fingerprint density at radius 3 is 2.26 bits per heavy atom. The molecule has 4 rings (SSSR count). The number of nitrogens with one attached hydrogen (secondary N) is 1. The summed E-state index contributed by atoms with van der Waals surface area (Å²) >= 11 is 5.96. The predicted octanol–water partition coefficient (Wildman–Crippen LogP) is 5.40. The summed E-state index contributed by atoms with van der Waals surface area (Å²) in [6.45, 7) is 0. The van der Waals surface area contributed by atoms with E-state index in [9.17, 15) is 10.1 Å². The molecular formula is C20H13ClN4O2. The Morgan fingerprint density at radius 1 is 1.00 bits per heavy atom. The fourth-order valence-corrected chi connectivity index (χ4v) is 3.10. The van der Waals surface area contributed by atoms with Crippen LogP contribution in [0.25, 0.3) is 21.8 Å². The minimum Gasteiger partial charge on any atom is -0.277 e. The normalized spacial score (nSPS) is 11.3. The molecule has 4 aromatic rings. The van der Waals surface area contributed by atoms with Gasteiger partial charge in [-0.15, -0.1) is 0 Å². The molecule has 1 N–H and O–H groups in total. The number of benzene rings is 3. The lowest BCUT2D eigenvalue weighted by Crippen LogP contribution is -1.98. The van der Waals surface area contributed by atoms with E-state index in [0.717, 1.165) is 27.5 Å². The number of nitrogens with zero attached hydrogens (tertiary/aromatic N) is 3. The van der Waals surface area contributed by atoms with Gasteiger partial charge in [-0.3, -0.25) is 15.5 Å². The second-order valence-corrected chi connectivity index (χ2v) is 6.29. The average molecular weight is 377 g/mol. The summed E-state index contributed by atoms with van der Waals surface area (Å²) in [4.78, 5) is 15.4. The number of hydrazone groups is 1. The fraction of sp³-hybridized carbons (Fsp3) is 0. The van der Waals surface area contributed by atoms with E-state index < -0.39 is 4.92 Å². The smallest absolute Gasteiger partial charge is 0.277 e. The number of nitro groups is 1. The van der Waals surface area contributed by atoms with Crippen LogP contribution in [0.5, 0.6) is 0 Å². The van der Waals surface area contributed by atoms with Gasteiger partial charge in [-0.1, -0.05) is 48.0 Å². The molecule has 0 saturated heterocycles. The van der Waals surface area contributed by atoms with Gasteiger partial charge in [0.1, 0.15) is 0 Å². The molecule has 0 unspecified atom stereocenters. The molecule has 7 heteroatoms. The van der Waals surface area contributed by atoms with E-state index in [2.05, 4.69) is 15.5 Å². The monoisotopic (exact) mass is 376 g/mol. The van der Waals surface area contributed by atoms with Gasteiger partial charge < -0.3 is 0 Å². The van der Waals surface area contributed by atoms with Crippen LogP contribution in [0.2, 0.25) is 5.02 Å². The summed E-state index contributed by atoms with van der Waals surface area (Å²) in [6, 6.07) is 19.8. The third-order valence-corrected chi connectivity index (χ3v) is 4.39. The van der Waals surface area contributed by atoms with Crippen molar-refractivity contribution in [1.29, 1.82) is 0 Å². The minimum absolute atomic E-state index is 0.0607. The zero-order valence-corrected chi connectivity index (χ0v) is 14.7. The van der Waals surface area contributed by atoms with E-state index in [-0.39, 0.29) is 5.69 Å². The minimum atomic E-state index is -0.463. The SMILES string of the molecule is O=[N+]([O-])c1ccc(Cl)cc1/C=N\Nc1c2ccccc2nc2ccccc12. The number of para-hydroxylation sites is 2. The highest BCUT2D eigenvalue weighted by atomic mass is 35.5. The molecule has 0 radical (unpaired) electrons. The van der Waals surface area contributed by atoms with Gasteiger partial charge in [0, 0.05) is 21.9 Å². The van der Waals surface area contributed by atoms with Crippen LogP contribution in [-0.2, 0) is 0 Å². The maximum atomic E-state index is 11.2. The van der Waals surface area contributed by atoms with Crippen molar-refractivity contribution in [3.05, 3.63) is 87.4 Å². The number of halogens is 1. The fourth-order valence-electron chi connectivity index (χ4n) is 2.92. The Labute approximate surface area is 159 Å². The Hall–Kier alpha value is -3.51. The molecule has 0 aliphatic heterocycles. The summed E-state index contributed by atoms with van der Waals surface area (Å²) < 4.78 is 0. The summed E-state index contributed by atoms with van der Waals surface area (Å²) in [6.07, 6.45) is 1.40. The average Bonchev–Trinajstić information content (AvgIpc) is 2.67. The molecule has 0 aliphatic rings. The number of nitro benzene ring substituents is 1. The topological polar surface area (TPSA) is 80.4 Å². The second kappa shape index (κ2) is 7.01. The number of fused-ring (bicyclic) bond motifs is 2. The summed E-state index contributed by atoms with van der Waals surface area (Å²) in [5.74, 6) is 0. The first kappa shape index (κ1) is 16.9. The van der Waals surface area contributed by atoms with Gasteiger partial charge in [0.2, 0.25) is 0 Å².